The second kappa shape index (κ2) is 6.63. The SMILES string of the molecule is CN1C(=O)CC(C(=O)NC2CCC(C(=O)O)CC2)c2ccccc21. The zero-order valence-electron chi connectivity index (χ0n) is 13.7. The quantitative estimate of drug-likeness (QED) is 0.886. The van der Waals surface area contributed by atoms with Crippen molar-refractivity contribution in [1.82, 2.24) is 5.32 Å². The topological polar surface area (TPSA) is 86.7 Å². The molecule has 2 amide bonds. The highest BCUT2D eigenvalue weighted by Crippen LogP contribution is 2.35. The second-order valence-electron chi connectivity index (χ2n) is 6.66. The number of carboxylic acid groups (broad SMARTS) is 1. The molecular weight excluding hydrogens is 308 g/mol. The Kier molecular flexibility index (Phi) is 4.55. The molecule has 0 radical (unpaired) electrons. The lowest BCUT2D eigenvalue weighted by Crippen LogP contribution is -2.44. The number of amides is 2. The third-order valence-corrected chi connectivity index (χ3v) is 5.17. The lowest BCUT2D eigenvalue weighted by Gasteiger charge is -2.33. The fraction of sp³-hybridized carbons (Fsp3) is 0.500. The van der Waals surface area contributed by atoms with Crippen molar-refractivity contribution >= 4 is 23.5 Å². The van der Waals surface area contributed by atoms with Gasteiger partial charge < -0.3 is 15.3 Å². The molecule has 1 heterocycles. The van der Waals surface area contributed by atoms with Crippen molar-refractivity contribution in [3.8, 4) is 0 Å². The predicted octanol–water partition coefficient (Wildman–Crippen LogP) is 1.90. The van der Waals surface area contributed by atoms with Crippen molar-refractivity contribution in [2.75, 3.05) is 11.9 Å². The first-order valence-electron chi connectivity index (χ1n) is 8.36. The number of benzene rings is 1. The van der Waals surface area contributed by atoms with Gasteiger partial charge in [-0.2, -0.15) is 0 Å². The molecule has 1 fully saturated rings. The molecule has 0 aromatic heterocycles. The molecule has 1 aliphatic heterocycles. The van der Waals surface area contributed by atoms with E-state index in [1.165, 1.54) is 0 Å². The molecule has 6 nitrogen and oxygen atoms in total. The summed E-state index contributed by atoms with van der Waals surface area (Å²) in [6, 6.07) is 7.47. The number of rotatable bonds is 3. The number of carbonyl (C=O) groups excluding carboxylic acids is 2. The Labute approximate surface area is 140 Å². The van der Waals surface area contributed by atoms with Crippen LogP contribution in [-0.4, -0.2) is 36.0 Å². The number of hydrogen-bond acceptors (Lipinski definition) is 3. The minimum absolute atomic E-state index is 0.00461. The van der Waals surface area contributed by atoms with Gasteiger partial charge in [-0.25, -0.2) is 0 Å². The summed E-state index contributed by atoms with van der Waals surface area (Å²) >= 11 is 0. The van der Waals surface area contributed by atoms with Gasteiger partial charge in [0, 0.05) is 25.2 Å². The summed E-state index contributed by atoms with van der Waals surface area (Å²) in [4.78, 5) is 37.5. The van der Waals surface area contributed by atoms with Crippen LogP contribution in [0.5, 0.6) is 0 Å². The molecule has 3 rings (SSSR count). The molecule has 128 valence electrons. The summed E-state index contributed by atoms with van der Waals surface area (Å²) in [5.41, 5.74) is 1.65. The van der Waals surface area contributed by atoms with Gasteiger partial charge in [0.2, 0.25) is 11.8 Å². The van der Waals surface area contributed by atoms with Gasteiger partial charge in [-0.3, -0.25) is 14.4 Å². The highest BCUT2D eigenvalue weighted by atomic mass is 16.4. The smallest absolute Gasteiger partial charge is 0.306 e. The normalized spacial score (nSPS) is 26.6. The number of carboxylic acids is 1. The number of fused-ring (bicyclic) bond motifs is 1. The summed E-state index contributed by atoms with van der Waals surface area (Å²) in [5.74, 6) is -1.73. The van der Waals surface area contributed by atoms with Crippen LogP contribution in [0.3, 0.4) is 0 Å². The van der Waals surface area contributed by atoms with Gasteiger partial charge in [0.15, 0.2) is 0 Å². The number of aliphatic carboxylic acids is 1. The molecule has 2 aliphatic rings. The third kappa shape index (κ3) is 3.13. The molecule has 24 heavy (non-hydrogen) atoms. The predicted molar refractivity (Wildman–Crippen MR) is 88.7 cm³/mol. The van der Waals surface area contributed by atoms with Crippen molar-refractivity contribution < 1.29 is 19.5 Å². The maximum Gasteiger partial charge on any atom is 0.306 e. The Hall–Kier alpha value is -2.37. The fourth-order valence-corrected chi connectivity index (χ4v) is 3.66. The maximum absolute atomic E-state index is 12.7. The van der Waals surface area contributed by atoms with Crippen LogP contribution in [0.2, 0.25) is 0 Å². The number of carbonyl (C=O) groups is 3. The number of anilines is 1. The fourth-order valence-electron chi connectivity index (χ4n) is 3.66. The van der Waals surface area contributed by atoms with Crippen LogP contribution in [0.4, 0.5) is 5.69 Å². The van der Waals surface area contributed by atoms with E-state index in [0.29, 0.717) is 25.7 Å². The maximum atomic E-state index is 12.7. The third-order valence-electron chi connectivity index (χ3n) is 5.17. The van der Waals surface area contributed by atoms with Crippen molar-refractivity contribution in [1.29, 1.82) is 0 Å². The lowest BCUT2D eigenvalue weighted by atomic mass is 9.84. The average Bonchev–Trinajstić information content (AvgIpc) is 2.58. The molecule has 0 bridgehead atoms. The Bertz CT molecular complexity index is 665. The summed E-state index contributed by atoms with van der Waals surface area (Å²) < 4.78 is 0. The Morgan fingerprint density at radius 2 is 1.83 bits per heavy atom. The molecule has 1 unspecified atom stereocenters. The van der Waals surface area contributed by atoms with Crippen molar-refractivity contribution in [2.24, 2.45) is 5.92 Å². The van der Waals surface area contributed by atoms with Crippen LogP contribution in [0, 0.1) is 5.92 Å². The summed E-state index contributed by atoms with van der Waals surface area (Å²) in [6.07, 6.45) is 2.69. The zero-order chi connectivity index (χ0) is 17.3. The zero-order valence-corrected chi connectivity index (χ0v) is 13.7. The average molecular weight is 330 g/mol. The monoisotopic (exact) mass is 330 g/mol. The van der Waals surface area contributed by atoms with Crippen LogP contribution in [0.25, 0.3) is 0 Å². The van der Waals surface area contributed by atoms with Gasteiger partial charge in [0.05, 0.1) is 11.8 Å². The van der Waals surface area contributed by atoms with E-state index in [0.717, 1.165) is 11.3 Å². The summed E-state index contributed by atoms with van der Waals surface area (Å²) in [7, 11) is 1.72. The molecular formula is C18H22N2O4. The number of hydrogen-bond donors (Lipinski definition) is 2. The van der Waals surface area contributed by atoms with Gasteiger partial charge in [-0.1, -0.05) is 18.2 Å². The molecule has 0 spiro atoms. The molecule has 1 atom stereocenters. The van der Waals surface area contributed by atoms with E-state index in [1.54, 1.807) is 11.9 Å². The standard InChI is InChI=1S/C18H22N2O4/c1-20-15-5-3-2-4-13(15)14(10-16(20)21)17(22)19-12-8-6-11(7-9-12)18(23)24/h2-5,11-12,14H,6-10H2,1H3,(H,19,22)(H,23,24). The minimum Gasteiger partial charge on any atom is -0.481 e. The Morgan fingerprint density at radius 1 is 1.17 bits per heavy atom. The van der Waals surface area contributed by atoms with E-state index in [-0.39, 0.29) is 30.2 Å². The first-order valence-corrected chi connectivity index (χ1v) is 8.36. The van der Waals surface area contributed by atoms with E-state index in [9.17, 15) is 14.4 Å². The highest BCUT2D eigenvalue weighted by Gasteiger charge is 2.35. The van der Waals surface area contributed by atoms with Crippen LogP contribution >= 0.6 is 0 Å². The van der Waals surface area contributed by atoms with Crippen molar-refractivity contribution in [3.63, 3.8) is 0 Å². The Morgan fingerprint density at radius 3 is 2.50 bits per heavy atom. The van der Waals surface area contributed by atoms with Gasteiger partial charge in [0.1, 0.15) is 0 Å². The van der Waals surface area contributed by atoms with Crippen LogP contribution < -0.4 is 10.2 Å². The first kappa shape index (κ1) is 16.5. The molecule has 1 aliphatic carbocycles. The number of nitrogens with zero attached hydrogens (tertiary/aromatic N) is 1. The lowest BCUT2D eigenvalue weighted by molar-refractivity contribution is -0.142. The minimum atomic E-state index is -0.755. The molecule has 0 saturated heterocycles. The van der Waals surface area contributed by atoms with E-state index in [1.807, 2.05) is 24.3 Å². The summed E-state index contributed by atoms with van der Waals surface area (Å²) in [5, 5.41) is 12.1. The number of para-hydroxylation sites is 1. The first-order chi connectivity index (χ1) is 11.5. The van der Waals surface area contributed by atoms with E-state index < -0.39 is 11.9 Å². The van der Waals surface area contributed by atoms with Gasteiger partial charge in [-0.15, -0.1) is 0 Å². The van der Waals surface area contributed by atoms with E-state index in [2.05, 4.69) is 5.32 Å². The van der Waals surface area contributed by atoms with Gasteiger partial charge in [-0.05, 0) is 37.3 Å². The van der Waals surface area contributed by atoms with Gasteiger partial charge in [0.25, 0.3) is 0 Å². The Balaban J connectivity index is 1.69. The van der Waals surface area contributed by atoms with Crippen LogP contribution in [0.15, 0.2) is 24.3 Å². The molecule has 1 aromatic rings. The van der Waals surface area contributed by atoms with Crippen molar-refractivity contribution in [3.05, 3.63) is 29.8 Å². The summed E-state index contributed by atoms with van der Waals surface area (Å²) in [6.45, 7) is 0. The molecule has 6 heteroatoms. The second-order valence-corrected chi connectivity index (χ2v) is 6.66. The van der Waals surface area contributed by atoms with Crippen molar-refractivity contribution in [2.45, 2.75) is 44.1 Å². The van der Waals surface area contributed by atoms with E-state index in [4.69, 9.17) is 5.11 Å². The largest absolute Gasteiger partial charge is 0.481 e. The highest BCUT2D eigenvalue weighted by molar-refractivity contribution is 6.02. The molecule has 1 aromatic carbocycles. The number of nitrogens with one attached hydrogen (secondary N) is 1. The van der Waals surface area contributed by atoms with E-state index >= 15 is 0 Å². The van der Waals surface area contributed by atoms with Crippen LogP contribution in [0.1, 0.15) is 43.6 Å². The van der Waals surface area contributed by atoms with Gasteiger partial charge >= 0.3 is 5.97 Å². The molecule has 2 N–H and O–H groups in total. The van der Waals surface area contributed by atoms with Crippen LogP contribution in [-0.2, 0) is 14.4 Å². The molecule has 1 saturated carbocycles.